The lowest BCUT2D eigenvalue weighted by atomic mass is 9.98. The molecule has 0 spiro atoms. The van der Waals surface area contributed by atoms with Crippen LogP contribution in [0.4, 0.5) is 0 Å². The Morgan fingerprint density at radius 2 is 1.50 bits per heavy atom. The highest BCUT2D eigenvalue weighted by molar-refractivity contribution is 9.10. The Balaban J connectivity index is 2.58. The molecule has 88 valence electrons. The van der Waals surface area contributed by atoms with E-state index in [2.05, 4.69) is 15.9 Å². The van der Waals surface area contributed by atoms with E-state index >= 15 is 0 Å². The SMILES string of the molecule is O=C(O)c1cccc2c1cc(Br)c1ccccc12. The summed E-state index contributed by atoms with van der Waals surface area (Å²) in [5, 5.41) is 13.1. The van der Waals surface area contributed by atoms with E-state index in [1.165, 1.54) is 0 Å². The van der Waals surface area contributed by atoms with E-state index in [0.717, 1.165) is 26.0 Å². The first kappa shape index (κ1) is 11.2. The molecule has 0 saturated heterocycles. The molecule has 3 heteroatoms. The minimum atomic E-state index is -0.900. The molecule has 0 fully saturated rings. The maximum atomic E-state index is 11.2. The van der Waals surface area contributed by atoms with Crippen molar-refractivity contribution in [3.05, 3.63) is 58.6 Å². The number of halogens is 1. The van der Waals surface area contributed by atoms with Gasteiger partial charge in [0.2, 0.25) is 0 Å². The molecule has 18 heavy (non-hydrogen) atoms. The van der Waals surface area contributed by atoms with Crippen molar-refractivity contribution in [2.45, 2.75) is 0 Å². The molecule has 0 aliphatic rings. The van der Waals surface area contributed by atoms with Gasteiger partial charge in [0.25, 0.3) is 0 Å². The molecule has 0 saturated carbocycles. The average Bonchev–Trinajstić information content (AvgIpc) is 2.38. The van der Waals surface area contributed by atoms with Crippen LogP contribution in [0.1, 0.15) is 10.4 Å². The van der Waals surface area contributed by atoms with Crippen molar-refractivity contribution >= 4 is 43.4 Å². The summed E-state index contributed by atoms with van der Waals surface area (Å²) in [6, 6.07) is 15.2. The molecule has 0 amide bonds. The Hall–Kier alpha value is -1.87. The highest BCUT2D eigenvalue weighted by atomic mass is 79.9. The summed E-state index contributed by atoms with van der Waals surface area (Å²) in [6.07, 6.45) is 0. The van der Waals surface area contributed by atoms with Crippen LogP contribution in [0.3, 0.4) is 0 Å². The van der Waals surface area contributed by atoms with Gasteiger partial charge in [0.15, 0.2) is 0 Å². The van der Waals surface area contributed by atoms with Gasteiger partial charge in [-0.2, -0.15) is 0 Å². The molecule has 0 aliphatic heterocycles. The maximum absolute atomic E-state index is 11.2. The lowest BCUT2D eigenvalue weighted by molar-refractivity contribution is 0.0699. The van der Waals surface area contributed by atoms with Gasteiger partial charge in [-0.3, -0.25) is 0 Å². The summed E-state index contributed by atoms with van der Waals surface area (Å²) in [4.78, 5) is 11.2. The van der Waals surface area contributed by atoms with Crippen LogP contribution in [0.5, 0.6) is 0 Å². The molecule has 0 radical (unpaired) electrons. The molecule has 0 heterocycles. The Bertz CT molecular complexity index is 778. The average molecular weight is 301 g/mol. The number of hydrogen-bond donors (Lipinski definition) is 1. The van der Waals surface area contributed by atoms with Crippen molar-refractivity contribution < 1.29 is 9.90 Å². The number of fused-ring (bicyclic) bond motifs is 3. The second kappa shape index (κ2) is 4.10. The second-order valence-electron chi connectivity index (χ2n) is 4.11. The molecule has 0 aromatic heterocycles. The minimum Gasteiger partial charge on any atom is -0.478 e. The van der Waals surface area contributed by atoms with E-state index < -0.39 is 5.97 Å². The fraction of sp³-hybridized carbons (Fsp3) is 0. The van der Waals surface area contributed by atoms with Crippen LogP contribution in [-0.4, -0.2) is 11.1 Å². The van der Waals surface area contributed by atoms with E-state index in [4.69, 9.17) is 0 Å². The molecule has 0 bridgehead atoms. The number of aromatic carboxylic acids is 1. The summed E-state index contributed by atoms with van der Waals surface area (Å²) in [6.45, 7) is 0. The van der Waals surface area contributed by atoms with Gasteiger partial charge in [-0.05, 0) is 33.7 Å². The first-order valence-corrected chi connectivity index (χ1v) is 6.31. The standard InChI is InChI=1S/C15H9BrO2/c16-14-8-13-10(6-3-7-12(13)15(17)18)9-4-1-2-5-11(9)14/h1-8H,(H,17,18). The molecule has 0 unspecified atom stereocenters. The fourth-order valence-corrected chi connectivity index (χ4v) is 2.85. The van der Waals surface area contributed by atoms with Crippen molar-refractivity contribution in [2.24, 2.45) is 0 Å². The zero-order chi connectivity index (χ0) is 12.7. The largest absolute Gasteiger partial charge is 0.478 e. The third kappa shape index (κ3) is 1.59. The maximum Gasteiger partial charge on any atom is 0.336 e. The Kier molecular flexibility index (Phi) is 2.56. The Morgan fingerprint density at radius 1 is 0.889 bits per heavy atom. The van der Waals surface area contributed by atoms with Crippen molar-refractivity contribution in [1.82, 2.24) is 0 Å². The number of carboxylic acid groups (broad SMARTS) is 1. The molecule has 2 nitrogen and oxygen atoms in total. The van der Waals surface area contributed by atoms with Gasteiger partial charge in [-0.15, -0.1) is 0 Å². The molecule has 3 rings (SSSR count). The molecular weight excluding hydrogens is 292 g/mol. The van der Waals surface area contributed by atoms with Crippen LogP contribution in [-0.2, 0) is 0 Å². The van der Waals surface area contributed by atoms with Crippen LogP contribution in [0.2, 0.25) is 0 Å². The van der Waals surface area contributed by atoms with Crippen LogP contribution in [0.25, 0.3) is 21.5 Å². The molecule has 1 N–H and O–H groups in total. The van der Waals surface area contributed by atoms with Gasteiger partial charge >= 0.3 is 5.97 Å². The number of carbonyl (C=O) groups is 1. The van der Waals surface area contributed by atoms with Gasteiger partial charge in [0, 0.05) is 4.47 Å². The third-order valence-electron chi connectivity index (χ3n) is 3.08. The number of benzene rings is 3. The van der Waals surface area contributed by atoms with E-state index in [1.54, 1.807) is 12.1 Å². The summed E-state index contributed by atoms with van der Waals surface area (Å²) in [7, 11) is 0. The number of hydrogen-bond acceptors (Lipinski definition) is 1. The molecule has 0 aliphatic carbocycles. The fourth-order valence-electron chi connectivity index (χ4n) is 2.27. The smallest absolute Gasteiger partial charge is 0.336 e. The first-order valence-electron chi connectivity index (χ1n) is 5.52. The third-order valence-corrected chi connectivity index (χ3v) is 3.74. The van der Waals surface area contributed by atoms with Gasteiger partial charge in [0.1, 0.15) is 0 Å². The molecule has 3 aromatic rings. The van der Waals surface area contributed by atoms with Crippen LogP contribution < -0.4 is 0 Å². The predicted molar refractivity (Wildman–Crippen MR) is 76.1 cm³/mol. The Morgan fingerprint density at radius 3 is 2.22 bits per heavy atom. The van der Waals surface area contributed by atoms with Crippen molar-refractivity contribution in [2.75, 3.05) is 0 Å². The monoisotopic (exact) mass is 300 g/mol. The quantitative estimate of drug-likeness (QED) is 0.674. The molecule has 0 atom stereocenters. The number of rotatable bonds is 1. The highest BCUT2D eigenvalue weighted by Gasteiger charge is 2.11. The van der Waals surface area contributed by atoms with E-state index in [0.29, 0.717) is 5.56 Å². The molecule has 3 aromatic carbocycles. The van der Waals surface area contributed by atoms with E-state index in [-0.39, 0.29) is 0 Å². The van der Waals surface area contributed by atoms with Gasteiger partial charge < -0.3 is 5.11 Å². The minimum absolute atomic E-state index is 0.332. The zero-order valence-electron chi connectivity index (χ0n) is 9.35. The van der Waals surface area contributed by atoms with Crippen molar-refractivity contribution in [3.8, 4) is 0 Å². The first-order chi connectivity index (χ1) is 8.68. The normalized spacial score (nSPS) is 10.9. The topological polar surface area (TPSA) is 37.3 Å². The van der Waals surface area contributed by atoms with Crippen molar-refractivity contribution in [1.29, 1.82) is 0 Å². The van der Waals surface area contributed by atoms with Crippen LogP contribution >= 0.6 is 15.9 Å². The second-order valence-corrected chi connectivity index (χ2v) is 4.96. The lowest BCUT2D eigenvalue weighted by Crippen LogP contribution is -1.97. The lowest BCUT2D eigenvalue weighted by Gasteiger charge is -2.08. The van der Waals surface area contributed by atoms with E-state index in [1.807, 2.05) is 36.4 Å². The summed E-state index contributed by atoms with van der Waals surface area (Å²) >= 11 is 3.51. The highest BCUT2D eigenvalue weighted by Crippen LogP contribution is 2.33. The molecular formula is C15H9BrO2. The van der Waals surface area contributed by atoms with Crippen LogP contribution in [0, 0.1) is 0 Å². The Labute approximate surface area is 112 Å². The summed E-state index contributed by atoms with van der Waals surface area (Å²) < 4.78 is 0.916. The summed E-state index contributed by atoms with van der Waals surface area (Å²) in [5.41, 5.74) is 0.332. The van der Waals surface area contributed by atoms with Gasteiger partial charge in [-0.25, -0.2) is 4.79 Å². The number of carboxylic acids is 1. The van der Waals surface area contributed by atoms with Gasteiger partial charge in [-0.1, -0.05) is 52.3 Å². The van der Waals surface area contributed by atoms with E-state index in [9.17, 15) is 9.90 Å². The van der Waals surface area contributed by atoms with Crippen molar-refractivity contribution in [3.63, 3.8) is 0 Å². The van der Waals surface area contributed by atoms with Gasteiger partial charge in [0.05, 0.1) is 5.56 Å². The zero-order valence-corrected chi connectivity index (χ0v) is 10.9. The van der Waals surface area contributed by atoms with Crippen LogP contribution in [0.15, 0.2) is 53.0 Å². The summed E-state index contributed by atoms with van der Waals surface area (Å²) in [5.74, 6) is -0.900. The predicted octanol–water partition coefficient (Wildman–Crippen LogP) is 4.45.